The summed E-state index contributed by atoms with van der Waals surface area (Å²) in [5.41, 5.74) is 1.07. The van der Waals surface area contributed by atoms with Crippen molar-refractivity contribution in [3.63, 3.8) is 0 Å². The van der Waals surface area contributed by atoms with Crippen molar-refractivity contribution in [1.29, 1.82) is 0 Å². The second-order valence-corrected chi connectivity index (χ2v) is 5.75. The predicted octanol–water partition coefficient (Wildman–Crippen LogP) is 2.94. The Labute approximate surface area is 135 Å². The smallest absolute Gasteiger partial charge is 0.346 e. The van der Waals surface area contributed by atoms with Gasteiger partial charge in [0.25, 0.3) is 5.91 Å². The van der Waals surface area contributed by atoms with E-state index in [-0.39, 0.29) is 12.5 Å². The maximum Gasteiger partial charge on any atom is 0.346 e. The molecule has 0 spiro atoms. The molecule has 3 rings (SSSR count). The van der Waals surface area contributed by atoms with Gasteiger partial charge in [0.1, 0.15) is 5.75 Å². The molecule has 1 atom stereocenters. The van der Waals surface area contributed by atoms with Crippen LogP contribution in [0.2, 0.25) is 0 Å². The lowest BCUT2D eigenvalue weighted by atomic mass is 10.1. The van der Waals surface area contributed by atoms with Crippen LogP contribution in [0, 0.1) is 0 Å². The molecule has 1 aliphatic rings. The van der Waals surface area contributed by atoms with Gasteiger partial charge in [0, 0.05) is 10.0 Å². The van der Waals surface area contributed by atoms with E-state index in [0.29, 0.717) is 17.0 Å². The lowest BCUT2D eigenvalue weighted by Crippen LogP contribution is -2.47. The average molecular weight is 362 g/mol. The zero-order valence-electron chi connectivity index (χ0n) is 11.4. The van der Waals surface area contributed by atoms with Crippen molar-refractivity contribution in [3.05, 3.63) is 58.6 Å². The Bertz CT molecular complexity index is 729. The molecule has 1 aliphatic heterocycles. The summed E-state index contributed by atoms with van der Waals surface area (Å²) in [4.78, 5) is 25.4. The van der Waals surface area contributed by atoms with E-state index in [1.54, 1.807) is 48.5 Å². The van der Waals surface area contributed by atoms with Gasteiger partial charge in [-0.25, -0.2) is 4.79 Å². The number of nitrogens with zero attached hydrogens (tertiary/aromatic N) is 1. The average Bonchev–Trinajstić information content (AvgIpc) is 2.53. The molecule has 0 aromatic heterocycles. The van der Waals surface area contributed by atoms with Crippen LogP contribution in [0.15, 0.2) is 53.0 Å². The minimum Gasteiger partial charge on any atom is -0.478 e. The van der Waals surface area contributed by atoms with E-state index in [0.717, 1.165) is 4.47 Å². The number of anilines is 1. The Balaban J connectivity index is 1.99. The first kappa shape index (κ1) is 14.6. The molecule has 5 nitrogen and oxygen atoms in total. The van der Waals surface area contributed by atoms with Gasteiger partial charge < -0.3 is 14.7 Å². The number of carbonyl (C=O) groups is 2. The number of aliphatic carboxylic acids is 1. The van der Waals surface area contributed by atoms with Crippen molar-refractivity contribution in [2.75, 3.05) is 11.4 Å². The highest BCUT2D eigenvalue weighted by Gasteiger charge is 2.33. The van der Waals surface area contributed by atoms with Gasteiger partial charge in [-0.2, -0.15) is 0 Å². The van der Waals surface area contributed by atoms with Crippen molar-refractivity contribution in [2.24, 2.45) is 0 Å². The van der Waals surface area contributed by atoms with Crippen LogP contribution in [0.5, 0.6) is 5.75 Å². The fraction of sp³-hybridized carbons (Fsp3) is 0.125. The van der Waals surface area contributed by atoms with Gasteiger partial charge in [-0.15, -0.1) is 0 Å². The molecule has 112 valence electrons. The fourth-order valence-corrected chi connectivity index (χ4v) is 2.57. The van der Waals surface area contributed by atoms with Crippen molar-refractivity contribution in [1.82, 2.24) is 0 Å². The van der Waals surface area contributed by atoms with Crippen LogP contribution in [0.1, 0.15) is 10.4 Å². The Hall–Kier alpha value is -2.34. The lowest BCUT2D eigenvalue weighted by Gasteiger charge is -2.33. The number of halogens is 1. The van der Waals surface area contributed by atoms with Crippen LogP contribution in [-0.2, 0) is 4.79 Å². The number of fused-ring (bicyclic) bond motifs is 1. The van der Waals surface area contributed by atoms with Crippen molar-refractivity contribution >= 4 is 33.5 Å². The molecular formula is C16H12BrNO4. The summed E-state index contributed by atoms with van der Waals surface area (Å²) in [7, 11) is 0. The molecule has 1 amide bonds. The number of benzene rings is 2. The van der Waals surface area contributed by atoms with Crippen molar-refractivity contribution < 1.29 is 19.4 Å². The van der Waals surface area contributed by atoms with Gasteiger partial charge in [-0.1, -0.05) is 28.1 Å². The van der Waals surface area contributed by atoms with E-state index in [9.17, 15) is 14.7 Å². The van der Waals surface area contributed by atoms with E-state index in [1.807, 2.05) is 0 Å². The van der Waals surface area contributed by atoms with Crippen LogP contribution in [0.3, 0.4) is 0 Å². The minimum atomic E-state index is -1.09. The number of para-hydroxylation sites is 2. The first-order valence-electron chi connectivity index (χ1n) is 6.62. The highest BCUT2D eigenvalue weighted by atomic mass is 79.9. The molecule has 1 N–H and O–H groups in total. The van der Waals surface area contributed by atoms with Crippen LogP contribution in [0.4, 0.5) is 5.69 Å². The van der Waals surface area contributed by atoms with E-state index in [4.69, 9.17) is 4.74 Å². The molecule has 0 saturated carbocycles. The molecule has 6 heteroatoms. The number of rotatable bonds is 2. The number of hydrogen-bond donors (Lipinski definition) is 1. The number of amides is 1. The van der Waals surface area contributed by atoms with Crippen LogP contribution in [-0.4, -0.2) is 29.6 Å². The monoisotopic (exact) mass is 361 g/mol. The van der Waals surface area contributed by atoms with Gasteiger partial charge in [-0.05, 0) is 36.4 Å². The normalized spacial score (nSPS) is 16.6. The SMILES string of the molecule is O=C(O)[C@@H]1CN(C(=O)c2ccc(Br)cc2)c2ccccc2O1. The van der Waals surface area contributed by atoms with E-state index >= 15 is 0 Å². The molecule has 0 fully saturated rings. The molecule has 0 radical (unpaired) electrons. The second kappa shape index (κ2) is 5.81. The summed E-state index contributed by atoms with van der Waals surface area (Å²) in [6.45, 7) is -0.0265. The lowest BCUT2D eigenvalue weighted by molar-refractivity contribution is -0.144. The summed E-state index contributed by atoms with van der Waals surface area (Å²) < 4.78 is 6.30. The maximum absolute atomic E-state index is 12.7. The molecule has 0 saturated heterocycles. The van der Waals surface area contributed by atoms with Gasteiger partial charge in [0.15, 0.2) is 0 Å². The molecule has 2 aromatic carbocycles. The molecule has 0 bridgehead atoms. The Morgan fingerprint density at radius 1 is 1.14 bits per heavy atom. The minimum absolute atomic E-state index is 0.0265. The Kier molecular flexibility index (Phi) is 3.85. The Morgan fingerprint density at radius 2 is 1.82 bits per heavy atom. The highest BCUT2D eigenvalue weighted by Crippen LogP contribution is 2.34. The largest absolute Gasteiger partial charge is 0.478 e. The van der Waals surface area contributed by atoms with E-state index in [1.165, 1.54) is 4.90 Å². The zero-order chi connectivity index (χ0) is 15.7. The van der Waals surface area contributed by atoms with Crippen LogP contribution in [0.25, 0.3) is 0 Å². The third-order valence-corrected chi connectivity index (χ3v) is 3.91. The van der Waals surface area contributed by atoms with Gasteiger partial charge >= 0.3 is 5.97 Å². The molecular weight excluding hydrogens is 350 g/mol. The molecule has 2 aromatic rings. The molecule has 1 heterocycles. The Morgan fingerprint density at radius 3 is 2.50 bits per heavy atom. The van der Waals surface area contributed by atoms with Gasteiger partial charge in [0.2, 0.25) is 6.10 Å². The third kappa shape index (κ3) is 2.69. The fourth-order valence-electron chi connectivity index (χ4n) is 2.30. The zero-order valence-corrected chi connectivity index (χ0v) is 13.0. The number of carboxylic acids is 1. The van der Waals surface area contributed by atoms with E-state index < -0.39 is 12.1 Å². The van der Waals surface area contributed by atoms with Crippen LogP contribution < -0.4 is 9.64 Å². The number of ether oxygens (including phenoxy) is 1. The summed E-state index contributed by atoms with van der Waals surface area (Å²) in [5.74, 6) is -0.954. The molecule has 22 heavy (non-hydrogen) atoms. The van der Waals surface area contributed by atoms with Crippen LogP contribution >= 0.6 is 15.9 Å². The van der Waals surface area contributed by atoms with Crippen molar-refractivity contribution in [2.45, 2.75) is 6.10 Å². The summed E-state index contributed by atoms with van der Waals surface area (Å²) in [6.07, 6.45) is -1.07. The number of carbonyl (C=O) groups excluding carboxylic acids is 1. The standard InChI is InChI=1S/C16H12BrNO4/c17-11-7-5-10(6-8-11)15(19)18-9-14(16(20)21)22-13-4-2-1-3-12(13)18/h1-8,14H,9H2,(H,20,21)/t14-/m0/s1. The van der Waals surface area contributed by atoms with Gasteiger partial charge in [0.05, 0.1) is 12.2 Å². The molecule has 0 aliphatic carbocycles. The summed E-state index contributed by atoms with van der Waals surface area (Å²) in [6, 6.07) is 13.9. The topological polar surface area (TPSA) is 66.8 Å². The quantitative estimate of drug-likeness (QED) is 0.892. The number of carboxylic acid groups (broad SMARTS) is 1. The second-order valence-electron chi connectivity index (χ2n) is 4.84. The predicted molar refractivity (Wildman–Crippen MR) is 84.3 cm³/mol. The third-order valence-electron chi connectivity index (χ3n) is 3.39. The summed E-state index contributed by atoms with van der Waals surface area (Å²) in [5, 5.41) is 9.20. The maximum atomic E-state index is 12.7. The molecule has 0 unspecified atom stereocenters. The first-order valence-corrected chi connectivity index (χ1v) is 7.41. The first-order chi connectivity index (χ1) is 10.6. The van der Waals surface area contributed by atoms with Crippen molar-refractivity contribution in [3.8, 4) is 5.75 Å². The highest BCUT2D eigenvalue weighted by molar-refractivity contribution is 9.10. The summed E-state index contributed by atoms with van der Waals surface area (Å²) >= 11 is 3.32. The number of hydrogen-bond acceptors (Lipinski definition) is 3. The van der Waals surface area contributed by atoms with E-state index in [2.05, 4.69) is 15.9 Å². The van der Waals surface area contributed by atoms with Gasteiger partial charge in [-0.3, -0.25) is 4.79 Å².